The maximum Gasteiger partial charge on any atom is 0.253 e. The van der Waals surface area contributed by atoms with Crippen molar-refractivity contribution in [3.8, 4) is 0 Å². The Morgan fingerprint density at radius 3 is 2.58 bits per heavy atom. The molecule has 5 heteroatoms. The summed E-state index contributed by atoms with van der Waals surface area (Å²) in [5.41, 5.74) is 4.14. The Labute approximate surface area is 154 Å². The number of carbonyl (C=O) groups excluding carboxylic acids is 1. The molecule has 1 aromatic carbocycles. The number of carbonyl (C=O) groups is 1. The van der Waals surface area contributed by atoms with Crippen molar-refractivity contribution in [3.63, 3.8) is 0 Å². The van der Waals surface area contributed by atoms with Crippen LogP contribution in [0.3, 0.4) is 0 Å². The van der Waals surface area contributed by atoms with Crippen LogP contribution in [-0.2, 0) is 12.8 Å². The number of nitrogens with zero attached hydrogens (tertiary/aromatic N) is 3. The van der Waals surface area contributed by atoms with E-state index in [1.807, 2.05) is 36.1 Å². The minimum absolute atomic E-state index is 0.0975. The standard InChI is InChI=1S/C21H24N4O/c1-15-6-8-16(9-7-15)21(26)25-12-10-18-19(11-13-25)22-14-23-20(18)24-17-4-2-3-5-17/h2-3,6-9,14,17H,4-5,10-13H2,1H3,(H,22,23,24). The van der Waals surface area contributed by atoms with Crippen molar-refractivity contribution in [2.24, 2.45) is 0 Å². The lowest BCUT2D eigenvalue weighted by Gasteiger charge is -2.20. The quantitative estimate of drug-likeness (QED) is 0.866. The molecule has 0 bridgehead atoms. The first-order valence-corrected chi connectivity index (χ1v) is 9.31. The second-order valence-electron chi connectivity index (χ2n) is 7.09. The van der Waals surface area contributed by atoms with Crippen molar-refractivity contribution >= 4 is 11.7 Å². The number of fused-ring (bicyclic) bond motifs is 1. The highest BCUT2D eigenvalue weighted by Crippen LogP contribution is 2.24. The molecule has 5 nitrogen and oxygen atoms in total. The van der Waals surface area contributed by atoms with Gasteiger partial charge in [-0.05, 0) is 38.3 Å². The van der Waals surface area contributed by atoms with Crippen molar-refractivity contribution in [3.05, 3.63) is 65.1 Å². The Balaban J connectivity index is 1.50. The van der Waals surface area contributed by atoms with Gasteiger partial charge in [0.05, 0.1) is 5.69 Å². The molecule has 26 heavy (non-hydrogen) atoms. The molecule has 2 aliphatic rings. The van der Waals surface area contributed by atoms with E-state index >= 15 is 0 Å². The third-order valence-electron chi connectivity index (χ3n) is 5.22. The second-order valence-corrected chi connectivity index (χ2v) is 7.09. The average Bonchev–Trinajstić information content (AvgIpc) is 3.06. The number of hydrogen-bond acceptors (Lipinski definition) is 4. The van der Waals surface area contributed by atoms with Gasteiger partial charge in [-0.2, -0.15) is 0 Å². The molecule has 2 aromatic rings. The van der Waals surface area contributed by atoms with Gasteiger partial charge in [0.15, 0.2) is 0 Å². The van der Waals surface area contributed by atoms with Crippen LogP contribution >= 0.6 is 0 Å². The number of anilines is 1. The molecule has 0 radical (unpaired) electrons. The van der Waals surface area contributed by atoms with Gasteiger partial charge in [0.25, 0.3) is 5.91 Å². The number of nitrogens with one attached hydrogen (secondary N) is 1. The molecule has 4 rings (SSSR count). The maximum absolute atomic E-state index is 12.8. The molecule has 2 heterocycles. The van der Waals surface area contributed by atoms with Crippen molar-refractivity contribution in [2.75, 3.05) is 18.4 Å². The van der Waals surface area contributed by atoms with Crippen LogP contribution in [0.2, 0.25) is 0 Å². The summed E-state index contributed by atoms with van der Waals surface area (Å²) in [5, 5.41) is 3.56. The molecule has 1 aliphatic carbocycles. The van der Waals surface area contributed by atoms with E-state index in [9.17, 15) is 4.79 Å². The van der Waals surface area contributed by atoms with Crippen molar-refractivity contribution in [1.82, 2.24) is 14.9 Å². The first kappa shape index (κ1) is 16.8. The molecule has 1 N–H and O–H groups in total. The largest absolute Gasteiger partial charge is 0.366 e. The predicted molar refractivity (Wildman–Crippen MR) is 102 cm³/mol. The lowest BCUT2D eigenvalue weighted by atomic mass is 10.1. The second kappa shape index (κ2) is 7.28. The summed E-state index contributed by atoms with van der Waals surface area (Å²) in [6, 6.07) is 8.22. The molecule has 1 aliphatic heterocycles. The van der Waals surface area contributed by atoms with Crippen molar-refractivity contribution in [2.45, 2.75) is 38.6 Å². The summed E-state index contributed by atoms with van der Waals surface area (Å²) in [7, 11) is 0. The van der Waals surface area contributed by atoms with Gasteiger partial charge in [-0.25, -0.2) is 9.97 Å². The van der Waals surface area contributed by atoms with Crippen LogP contribution in [0.4, 0.5) is 5.82 Å². The van der Waals surface area contributed by atoms with E-state index in [0.29, 0.717) is 19.1 Å². The van der Waals surface area contributed by atoms with Crippen LogP contribution in [0.1, 0.15) is 40.0 Å². The van der Waals surface area contributed by atoms with Gasteiger partial charge in [-0.3, -0.25) is 4.79 Å². The van der Waals surface area contributed by atoms with Gasteiger partial charge in [0, 0.05) is 36.7 Å². The topological polar surface area (TPSA) is 58.1 Å². The van der Waals surface area contributed by atoms with Gasteiger partial charge >= 0.3 is 0 Å². The molecule has 0 saturated carbocycles. The van der Waals surface area contributed by atoms with E-state index in [-0.39, 0.29) is 5.91 Å². The molecular weight excluding hydrogens is 324 g/mol. The summed E-state index contributed by atoms with van der Waals surface area (Å²) in [5.74, 6) is 1.04. The number of rotatable bonds is 3. The maximum atomic E-state index is 12.8. The number of benzene rings is 1. The molecule has 1 aromatic heterocycles. The molecule has 0 atom stereocenters. The van der Waals surface area contributed by atoms with Gasteiger partial charge in [-0.15, -0.1) is 0 Å². The van der Waals surface area contributed by atoms with Crippen LogP contribution in [0.5, 0.6) is 0 Å². The number of aryl methyl sites for hydroxylation is 1. The Morgan fingerprint density at radius 1 is 1.08 bits per heavy atom. The van der Waals surface area contributed by atoms with Crippen LogP contribution in [0.25, 0.3) is 0 Å². The fraction of sp³-hybridized carbons (Fsp3) is 0.381. The van der Waals surface area contributed by atoms with Crippen LogP contribution in [-0.4, -0.2) is 39.9 Å². The smallest absolute Gasteiger partial charge is 0.253 e. The first-order valence-electron chi connectivity index (χ1n) is 9.31. The van der Waals surface area contributed by atoms with Crippen LogP contribution < -0.4 is 5.32 Å². The third kappa shape index (κ3) is 3.47. The molecule has 0 spiro atoms. The molecular formula is C21H24N4O. The summed E-state index contributed by atoms with van der Waals surface area (Å²) in [6.45, 7) is 3.43. The molecule has 0 unspecified atom stereocenters. The van der Waals surface area contributed by atoms with Gasteiger partial charge in [-0.1, -0.05) is 29.8 Å². The first-order chi connectivity index (χ1) is 12.7. The molecule has 0 fully saturated rings. The highest BCUT2D eigenvalue weighted by atomic mass is 16.2. The summed E-state index contributed by atoms with van der Waals surface area (Å²) >= 11 is 0. The summed E-state index contributed by atoms with van der Waals surface area (Å²) in [6.07, 6.45) is 9.69. The number of hydrogen-bond donors (Lipinski definition) is 1. The highest BCUT2D eigenvalue weighted by Gasteiger charge is 2.23. The van der Waals surface area contributed by atoms with Crippen molar-refractivity contribution in [1.29, 1.82) is 0 Å². The van der Waals surface area contributed by atoms with Gasteiger partial charge in [0.1, 0.15) is 12.1 Å². The zero-order chi connectivity index (χ0) is 17.9. The van der Waals surface area contributed by atoms with E-state index in [4.69, 9.17) is 0 Å². The minimum Gasteiger partial charge on any atom is -0.366 e. The zero-order valence-electron chi connectivity index (χ0n) is 15.1. The van der Waals surface area contributed by atoms with Crippen molar-refractivity contribution < 1.29 is 4.79 Å². The number of aromatic nitrogens is 2. The van der Waals surface area contributed by atoms with Gasteiger partial charge in [0.2, 0.25) is 0 Å². The Hall–Kier alpha value is -2.69. The lowest BCUT2D eigenvalue weighted by Crippen LogP contribution is -2.33. The molecule has 1 amide bonds. The minimum atomic E-state index is 0.0975. The SMILES string of the molecule is Cc1ccc(C(=O)N2CCc3ncnc(NC4CC=CC4)c3CC2)cc1. The molecule has 134 valence electrons. The van der Waals surface area contributed by atoms with Crippen LogP contribution in [0.15, 0.2) is 42.7 Å². The average molecular weight is 348 g/mol. The normalized spacial score (nSPS) is 17.0. The van der Waals surface area contributed by atoms with Gasteiger partial charge < -0.3 is 10.2 Å². The zero-order valence-corrected chi connectivity index (χ0v) is 15.1. The Morgan fingerprint density at radius 2 is 1.81 bits per heavy atom. The van der Waals surface area contributed by atoms with E-state index in [0.717, 1.165) is 48.3 Å². The van der Waals surface area contributed by atoms with E-state index in [2.05, 4.69) is 27.4 Å². The molecule has 0 saturated heterocycles. The monoisotopic (exact) mass is 348 g/mol. The number of amides is 1. The Bertz CT molecular complexity index is 820. The fourth-order valence-electron chi connectivity index (χ4n) is 3.66. The fourth-order valence-corrected chi connectivity index (χ4v) is 3.66. The van der Waals surface area contributed by atoms with Crippen LogP contribution in [0, 0.1) is 6.92 Å². The van der Waals surface area contributed by atoms with E-state index < -0.39 is 0 Å². The summed E-state index contributed by atoms with van der Waals surface area (Å²) < 4.78 is 0. The van der Waals surface area contributed by atoms with E-state index in [1.165, 1.54) is 5.56 Å². The van der Waals surface area contributed by atoms with E-state index in [1.54, 1.807) is 6.33 Å². The predicted octanol–water partition coefficient (Wildman–Crippen LogP) is 3.16. The highest BCUT2D eigenvalue weighted by molar-refractivity contribution is 5.94. The Kier molecular flexibility index (Phi) is 4.69. The third-order valence-corrected chi connectivity index (χ3v) is 5.22. The lowest BCUT2D eigenvalue weighted by molar-refractivity contribution is 0.0763. The summed E-state index contributed by atoms with van der Waals surface area (Å²) in [4.78, 5) is 23.8.